The number of anilines is 2. The van der Waals surface area contributed by atoms with Crippen LogP contribution >= 0.6 is 50.9 Å². The Morgan fingerprint density at radius 3 is 2.39 bits per heavy atom. The number of ether oxygens (including phenoxy) is 2. The van der Waals surface area contributed by atoms with Gasteiger partial charge in [-0.05, 0) is 132 Å². The number of rotatable bonds is 9. The smallest absolute Gasteiger partial charge is 0.271 e. The third-order valence-electron chi connectivity index (χ3n) is 6.22. The molecule has 1 heterocycles. The summed E-state index contributed by atoms with van der Waals surface area (Å²) >= 11 is 17.0. The van der Waals surface area contributed by atoms with E-state index in [1.165, 1.54) is 11.8 Å². The van der Waals surface area contributed by atoms with Crippen LogP contribution in [0.4, 0.5) is 17.1 Å². The van der Waals surface area contributed by atoms with Crippen molar-refractivity contribution in [2.45, 2.75) is 13.8 Å². The molecule has 0 spiro atoms. The fourth-order valence-electron chi connectivity index (χ4n) is 4.28. The quantitative estimate of drug-likeness (QED) is 0.175. The summed E-state index contributed by atoms with van der Waals surface area (Å²) in [7, 11) is 0. The predicted octanol–water partition coefficient (Wildman–Crippen LogP) is 9.29. The maximum Gasteiger partial charge on any atom is 0.271 e. The normalized spacial score (nSPS) is 14.8. The summed E-state index contributed by atoms with van der Waals surface area (Å²) < 4.78 is 12.3. The lowest BCUT2D eigenvalue weighted by molar-refractivity contribution is -0.118. The molecule has 4 aromatic rings. The third kappa shape index (κ3) is 7.84. The van der Waals surface area contributed by atoms with Gasteiger partial charge in [-0.15, -0.1) is 0 Å². The molecule has 0 atom stereocenters. The van der Waals surface area contributed by atoms with E-state index in [0.717, 1.165) is 5.56 Å². The van der Waals surface area contributed by atoms with Crippen LogP contribution in [0.15, 0.2) is 99.3 Å². The van der Waals surface area contributed by atoms with E-state index in [-0.39, 0.29) is 18.4 Å². The lowest BCUT2D eigenvalue weighted by atomic mass is 10.1. The number of benzene rings is 4. The summed E-state index contributed by atoms with van der Waals surface area (Å²) in [4.78, 5) is 33.1. The van der Waals surface area contributed by atoms with Crippen LogP contribution in [0.3, 0.4) is 0 Å². The van der Waals surface area contributed by atoms with Gasteiger partial charge in [0.05, 0.1) is 27.4 Å². The minimum atomic E-state index is -0.307. The Kier molecular flexibility index (Phi) is 10.3. The average Bonchev–Trinajstić information content (AvgIpc) is 3.28. The van der Waals surface area contributed by atoms with Gasteiger partial charge in [-0.3, -0.25) is 14.5 Å². The standard InChI is InChI=1S/C33H26BrCl2N3O4S/c1-3-42-28-17-21(16-27(34)31(28)43-19-30(40)37-25-6-4-5-20(2)15-25)18-29-32(41)39(26-13-9-23(36)10-14-26)33(44-29)38-24-11-7-22(35)8-12-24/h4-18H,3,19H2,1-2H3,(H,37,40)/b29-18-,38-33?. The maximum atomic E-state index is 13.8. The first-order valence-corrected chi connectivity index (χ1v) is 15.9. The highest BCUT2D eigenvalue weighted by Crippen LogP contribution is 2.41. The fraction of sp³-hybridized carbons (Fsp3) is 0.121. The van der Waals surface area contributed by atoms with Gasteiger partial charge >= 0.3 is 0 Å². The monoisotopic (exact) mass is 709 g/mol. The summed E-state index contributed by atoms with van der Waals surface area (Å²) in [6.45, 7) is 3.96. The number of amidine groups is 1. The molecule has 0 saturated carbocycles. The Labute approximate surface area is 278 Å². The van der Waals surface area contributed by atoms with E-state index in [1.807, 2.05) is 38.1 Å². The highest BCUT2D eigenvalue weighted by Gasteiger charge is 2.35. The van der Waals surface area contributed by atoms with E-state index in [4.69, 9.17) is 37.7 Å². The molecular weight excluding hydrogens is 685 g/mol. The first kappa shape index (κ1) is 31.7. The molecule has 44 heavy (non-hydrogen) atoms. The summed E-state index contributed by atoms with van der Waals surface area (Å²) in [5.41, 5.74) is 3.70. The van der Waals surface area contributed by atoms with Crippen LogP contribution in [0.1, 0.15) is 18.1 Å². The second-order valence-electron chi connectivity index (χ2n) is 9.57. The molecule has 0 unspecified atom stereocenters. The molecule has 0 radical (unpaired) electrons. The van der Waals surface area contributed by atoms with E-state index in [2.05, 4.69) is 21.2 Å². The molecule has 1 saturated heterocycles. The van der Waals surface area contributed by atoms with Crippen LogP contribution in [0.2, 0.25) is 10.0 Å². The second-order valence-corrected chi connectivity index (χ2v) is 12.3. The third-order valence-corrected chi connectivity index (χ3v) is 8.28. The van der Waals surface area contributed by atoms with Crippen LogP contribution in [0, 0.1) is 6.92 Å². The molecule has 1 aliphatic heterocycles. The molecular formula is C33H26BrCl2N3O4S. The van der Waals surface area contributed by atoms with Gasteiger partial charge in [-0.2, -0.15) is 0 Å². The number of carbonyl (C=O) groups excluding carboxylic acids is 2. The van der Waals surface area contributed by atoms with Crippen LogP contribution in [-0.2, 0) is 9.59 Å². The second kappa shape index (κ2) is 14.3. The number of aryl methyl sites for hydroxylation is 1. The zero-order chi connectivity index (χ0) is 31.2. The van der Waals surface area contributed by atoms with E-state index in [9.17, 15) is 9.59 Å². The summed E-state index contributed by atoms with van der Waals surface area (Å²) in [5, 5.41) is 4.47. The Bertz CT molecular complexity index is 1760. The highest BCUT2D eigenvalue weighted by atomic mass is 79.9. The van der Waals surface area contributed by atoms with Crippen LogP contribution in [0.5, 0.6) is 11.5 Å². The minimum absolute atomic E-state index is 0.220. The molecule has 7 nitrogen and oxygen atoms in total. The zero-order valence-electron chi connectivity index (χ0n) is 23.6. The summed E-state index contributed by atoms with van der Waals surface area (Å²) in [5.74, 6) is 0.259. The summed E-state index contributed by atoms with van der Waals surface area (Å²) in [6, 6.07) is 25.1. The number of thioether (sulfide) groups is 1. The topological polar surface area (TPSA) is 80.2 Å². The van der Waals surface area contributed by atoms with E-state index in [0.29, 0.717) is 65.3 Å². The number of aliphatic imine (C=N–C) groups is 1. The van der Waals surface area contributed by atoms with Crippen molar-refractivity contribution in [3.05, 3.63) is 115 Å². The molecule has 1 fully saturated rings. The molecule has 1 N–H and O–H groups in total. The van der Waals surface area contributed by atoms with Crippen molar-refractivity contribution in [1.82, 2.24) is 0 Å². The molecule has 5 rings (SSSR count). The van der Waals surface area contributed by atoms with E-state index >= 15 is 0 Å². The molecule has 11 heteroatoms. The van der Waals surface area contributed by atoms with Crippen molar-refractivity contribution < 1.29 is 19.1 Å². The van der Waals surface area contributed by atoms with Gasteiger partial charge in [0.2, 0.25) is 0 Å². The van der Waals surface area contributed by atoms with Crippen molar-refractivity contribution in [3.8, 4) is 11.5 Å². The van der Waals surface area contributed by atoms with Crippen LogP contribution in [0.25, 0.3) is 6.08 Å². The van der Waals surface area contributed by atoms with Crippen molar-refractivity contribution in [3.63, 3.8) is 0 Å². The van der Waals surface area contributed by atoms with E-state index < -0.39 is 0 Å². The van der Waals surface area contributed by atoms with Crippen LogP contribution in [-0.4, -0.2) is 30.2 Å². The van der Waals surface area contributed by atoms with Gasteiger partial charge in [0, 0.05) is 15.7 Å². The van der Waals surface area contributed by atoms with Crippen molar-refractivity contribution >= 4 is 91.0 Å². The van der Waals surface area contributed by atoms with Crippen molar-refractivity contribution in [1.29, 1.82) is 0 Å². The lowest BCUT2D eigenvalue weighted by Gasteiger charge is -2.16. The highest BCUT2D eigenvalue weighted by molar-refractivity contribution is 9.10. The minimum Gasteiger partial charge on any atom is -0.490 e. The first-order chi connectivity index (χ1) is 21.2. The largest absolute Gasteiger partial charge is 0.490 e. The van der Waals surface area contributed by atoms with Gasteiger partial charge in [-0.1, -0.05) is 35.3 Å². The number of amides is 2. The Balaban J connectivity index is 1.42. The van der Waals surface area contributed by atoms with E-state index in [1.54, 1.807) is 71.6 Å². The van der Waals surface area contributed by atoms with Gasteiger partial charge in [0.25, 0.3) is 11.8 Å². The number of nitrogens with zero attached hydrogens (tertiary/aromatic N) is 2. The number of halogens is 3. The number of hydrogen-bond donors (Lipinski definition) is 1. The van der Waals surface area contributed by atoms with Crippen molar-refractivity contribution in [2.24, 2.45) is 4.99 Å². The first-order valence-electron chi connectivity index (χ1n) is 13.5. The van der Waals surface area contributed by atoms with Gasteiger partial charge in [0.15, 0.2) is 23.3 Å². The zero-order valence-corrected chi connectivity index (χ0v) is 27.6. The fourth-order valence-corrected chi connectivity index (χ4v) is 6.10. The molecule has 0 bridgehead atoms. The Morgan fingerprint density at radius 2 is 1.70 bits per heavy atom. The van der Waals surface area contributed by atoms with Gasteiger partial charge in [-0.25, -0.2) is 4.99 Å². The number of hydrogen-bond acceptors (Lipinski definition) is 6. The molecule has 1 aliphatic rings. The van der Waals surface area contributed by atoms with Crippen LogP contribution < -0.4 is 19.7 Å². The Hall–Kier alpha value is -3.76. The van der Waals surface area contributed by atoms with Gasteiger partial charge < -0.3 is 14.8 Å². The number of carbonyl (C=O) groups is 2. The average molecular weight is 711 g/mol. The predicted molar refractivity (Wildman–Crippen MR) is 184 cm³/mol. The number of nitrogens with one attached hydrogen (secondary N) is 1. The molecule has 4 aromatic carbocycles. The van der Waals surface area contributed by atoms with Crippen molar-refractivity contribution in [2.75, 3.05) is 23.4 Å². The Morgan fingerprint density at radius 1 is 1.00 bits per heavy atom. The molecule has 0 aliphatic carbocycles. The maximum absolute atomic E-state index is 13.8. The van der Waals surface area contributed by atoms with Gasteiger partial charge in [0.1, 0.15) is 0 Å². The SMILES string of the molecule is CCOc1cc(/C=C2\SC(=Nc3ccc(Cl)cc3)N(c3ccc(Cl)cc3)C2=O)cc(Br)c1OCC(=O)Nc1cccc(C)c1. The lowest BCUT2D eigenvalue weighted by Crippen LogP contribution is -2.28. The summed E-state index contributed by atoms with van der Waals surface area (Å²) in [6.07, 6.45) is 1.77. The molecule has 2 amide bonds. The molecule has 224 valence electrons. The molecule has 0 aromatic heterocycles.